The van der Waals surface area contributed by atoms with Crippen molar-refractivity contribution >= 4 is 11.6 Å². The van der Waals surface area contributed by atoms with Gasteiger partial charge >= 0.3 is 0 Å². The van der Waals surface area contributed by atoms with Crippen LogP contribution in [0.5, 0.6) is 0 Å². The molecular formula is C17H24ClN3. The van der Waals surface area contributed by atoms with Crippen LogP contribution in [0.4, 0.5) is 0 Å². The van der Waals surface area contributed by atoms with E-state index < -0.39 is 0 Å². The quantitative estimate of drug-likeness (QED) is 0.879. The Hall–Kier alpha value is -1.32. The van der Waals surface area contributed by atoms with Gasteiger partial charge in [0.2, 0.25) is 0 Å². The molecule has 1 unspecified atom stereocenters. The Morgan fingerprint density at radius 1 is 1.29 bits per heavy atom. The Morgan fingerprint density at radius 3 is 2.62 bits per heavy atom. The lowest BCUT2D eigenvalue weighted by molar-refractivity contribution is 0.526. The lowest BCUT2D eigenvalue weighted by Gasteiger charge is -2.20. The zero-order valence-electron chi connectivity index (χ0n) is 13.3. The molecule has 2 rings (SSSR count). The van der Waals surface area contributed by atoms with E-state index >= 15 is 0 Å². The van der Waals surface area contributed by atoms with E-state index in [2.05, 4.69) is 43.3 Å². The van der Waals surface area contributed by atoms with E-state index in [0.29, 0.717) is 0 Å². The predicted molar refractivity (Wildman–Crippen MR) is 88.9 cm³/mol. The van der Waals surface area contributed by atoms with Gasteiger partial charge in [-0.1, -0.05) is 31.5 Å². The third-order valence-electron chi connectivity index (χ3n) is 3.86. The molecule has 0 aliphatic carbocycles. The monoisotopic (exact) mass is 305 g/mol. The zero-order chi connectivity index (χ0) is 15.4. The van der Waals surface area contributed by atoms with E-state index in [1.807, 2.05) is 23.9 Å². The summed E-state index contributed by atoms with van der Waals surface area (Å²) in [4.78, 5) is 0. The Balaban J connectivity index is 2.28. The number of nitrogens with one attached hydrogen (secondary N) is 1. The highest BCUT2D eigenvalue weighted by Crippen LogP contribution is 2.24. The summed E-state index contributed by atoms with van der Waals surface area (Å²) in [5.41, 5.74) is 4.94. The van der Waals surface area contributed by atoms with Crippen molar-refractivity contribution in [1.29, 1.82) is 0 Å². The molecule has 1 aromatic heterocycles. The van der Waals surface area contributed by atoms with Gasteiger partial charge in [-0.3, -0.25) is 4.68 Å². The van der Waals surface area contributed by atoms with Crippen LogP contribution in [-0.2, 0) is 19.9 Å². The van der Waals surface area contributed by atoms with Gasteiger partial charge in [0, 0.05) is 30.2 Å². The van der Waals surface area contributed by atoms with Crippen LogP contribution < -0.4 is 5.32 Å². The van der Waals surface area contributed by atoms with Crippen LogP contribution in [0, 0.1) is 6.92 Å². The van der Waals surface area contributed by atoms with E-state index in [9.17, 15) is 0 Å². The second-order valence-corrected chi connectivity index (χ2v) is 5.86. The third-order valence-corrected chi connectivity index (χ3v) is 4.10. The number of nitrogens with zero attached hydrogens (tertiary/aromatic N) is 2. The van der Waals surface area contributed by atoms with Gasteiger partial charge < -0.3 is 5.32 Å². The maximum absolute atomic E-state index is 6.07. The average Bonchev–Trinajstić information content (AvgIpc) is 2.79. The molecule has 0 saturated carbocycles. The molecule has 0 amide bonds. The van der Waals surface area contributed by atoms with Crippen LogP contribution in [-0.4, -0.2) is 16.3 Å². The minimum absolute atomic E-state index is 0.285. The van der Waals surface area contributed by atoms with Crippen molar-refractivity contribution in [1.82, 2.24) is 15.1 Å². The number of aryl methyl sites for hydroxylation is 3. The van der Waals surface area contributed by atoms with E-state index in [1.54, 1.807) is 0 Å². The number of hydrogen-bond donors (Lipinski definition) is 1. The number of likely N-dealkylation sites (N-methyl/N-ethyl adjacent to an activating group) is 1. The van der Waals surface area contributed by atoms with Crippen molar-refractivity contribution in [3.8, 4) is 0 Å². The molecule has 1 aromatic carbocycles. The van der Waals surface area contributed by atoms with Crippen LogP contribution in [0.15, 0.2) is 24.3 Å². The molecule has 0 bridgehead atoms. The predicted octanol–water partition coefficient (Wildman–Crippen LogP) is 3.84. The van der Waals surface area contributed by atoms with Crippen molar-refractivity contribution in [3.63, 3.8) is 0 Å². The zero-order valence-corrected chi connectivity index (χ0v) is 14.0. The van der Waals surface area contributed by atoms with E-state index in [0.717, 1.165) is 30.1 Å². The van der Waals surface area contributed by atoms with Crippen molar-refractivity contribution in [2.45, 2.75) is 39.7 Å². The first-order chi connectivity index (χ1) is 10.0. The van der Waals surface area contributed by atoms with Crippen LogP contribution in [0.2, 0.25) is 5.02 Å². The fourth-order valence-corrected chi connectivity index (χ4v) is 2.94. The van der Waals surface area contributed by atoms with Crippen LogP contribution in [0.25, 0.3) is 0 Å². The van der Waals surface area contributed by atoms with Gasteiger partial charge in [-0.05, 0) is 49.2 Å². The molecule has 1 atom stereocenters. The summed E-state index contributed by atoms with van der Waals surface area (Å²) in [7, 11) is 2.02. The Kier molecular flexibility index (Phi) is 5.43. The van der Waals surface area contributed by atoms with Crippen molar-refractivity contribution < 1.29 is 0 Å². The van der Waals surface area contributed by atoms with Crippen LogP contribution in [0.1, 0.15) is 42.4 Å². The smallest absolute Gasteiger partial charge is 0.0624 e. The van der Waals surface area contributed by atoms with Gasteiger partial charge in [0.25, 0.3) is 0 Å². The average molecular weight is 306 g/mol. The first kappa shape index (κ1) is 16.1. The fourth-order valence-electron chi connectivity index (χ4n) is 2.71. The molecule has 0 aliphatic rings. The van der Waals surface area contributed by atoms with Gasteiger partial charge in [-0.15, -0.1) is 0 Å². The lowest BCUT2D eigenvalue weighted by Crippen LogP contribution is -2.24. The highest BCUT2D eigenvalue weighted by atomic mass is 35.5. The molecule has 2 aromatic rings. The van der Waals surface area contributed by atoms with E-state index in [1.165, 1.54) is 16.8 Å². The second kappa shape index (κ2) is 7.10. The van der Waals surface area contributed by atoms with Gasteiger partial charge in [0.05, 0.1) is 5.69 Å². The Bertz CT molecular complexity index is 604. The maximum atomic E-state index is 6.07. The summed E-state index contributed by atoms with van der Waals surface area (Å²) in [5, 5.41) is 8.91. The second-order valence-electron chi connectivity index (χ2n) is 5.42. The first-order valence-corrected chi connectivity index (χ1v) is 7.94. The van der Waals surface area contributed by atoms with Gasteiger partial charge in [0.1, 0.15) is 0 Å². The van der Waals surface area contributed by atoms with Crippen molar-refractivity contribution in [2.24, 2.45) is 7.05 Å². The van der Waals surface area contributed by atoms with Gasteiger partial charge in [-0.25, -0.2) is 0 Å². The summed E-state index contributed by atoms with van der Waals surface area (Å²) in [6.07, 6.45) is 1.90. The van der Waals surface area contributed by atoms with Crippen molar-refractivity contribution in [3.05, 3.63) is 51.8 Å². The number of halogens is 1. The molecule has 0 fully saturated rings. The van der Waals surface area contributed by atoms with Crippen LogP contribution >= 0.6 is 11.6 Å². The molecule has 114 valence electrons. The third kappa shape index (κ3) is 3.86. The highest BCUT2D eigenvalue weighted by Gasteiger charge is 2.16. The summed E-state index contributed by atoms with van der Waals surface area (Å²) in [6.45, 7) is 7.33. The largest absolute Gasteiger partial charge is 0.310 e. The molecule has 4 heteroatoms. The summed E-state index contributed by atoms with van der Waals surface area (Å²) < 4.78 is 1.99. The maximum Gasteiger partial charge on any atom is 0.0624 e. The van der Waals surface area contributed by atoms with Crippen LogP contribution in [0.3, 0.4) is 0 Å². The Morgan fingerprint density at radius 2 is 2.05 bits per heavy atom. The topological polar surface area (TPSA) is 29.9 Å². The summed E-state index contributed by atoms with van der Waals surface area (Å²) in [6, 6.07) is 8.61. The molecular weight excluding hydrogens is 282 g/mol. The highest BCUT2D eigenvalue weighted by molar-refractivity contribution is 6.30. The summed E-state index contributed by atoms with van der Waals surface area (Å²) in [5.74, 6) is 0. The number of rotatable bonds is 6. The van der Waals surface area contributed by atoms with E-state index in [-0.39, 0.29) is 6.04 Å². The molecule has 0 radical (unpaired) electrons. The molecule has 1 heterocycles. The number of benzene rings is 1. The normalized spacial score (nSPS) is 12.6. The summed E-state index contributed by atoms with van der Waals surface area (Å²) >= 11 is 6.07. The van der Waals surface area contributed by atoms with Gasteiger partial charge in [-0.2, -0.15) is 5.10 Å². The van der Waals surface area contributed by atoms with Crippen molar-refractivity contribution in [2.75, 3.05) is 6.54 Å². The standard InChI is InChI=1S/C17H24ClN3/c1-5-14-10-15(21(4)20-14)11-17(19-6-2)16-8-7-13(18)9-12(16)3/h7-10,17,19H,5-6,11H2,1-4H3. The van der Waals surface area contributed by atoms with Gasteiger partial charge in [0.15, 0.2) is 0 Å². The Labute approximate surface area is 132 Å². The molecule has 21 heavy (non-hydrogen) atoms. The molecule has 0 spiro atoms. The SMILES string of the molecule is CCNC(Cc1cc(CC)nn1C)c1ccc(Cl)cc1C. The number of hydrogen-bond acceptors (Lipinski definition) is 2. The number of aromatic nitrogens is 2. The molecule has 3 nitrogen and oxygen atoms in total. The fraction of sp³-hybridized carbons (Fsp3) is 0.471. The molecule has 0 saturated heterocycles. The first-order valence-electron chi connectivity index (χ1n) is 7.56. The molecule has 0 aliphatic heterocycles. The molecule has 1 N–H and O–H groups in total. The minimum atomic E-state index is 0.285. The van der Waals surface area contributed by atoms with E-state index in [4.69, 9.17) is 11.6 Å². The lowest BCUT2D eigenvalue weighted by atomic mass is 9.97. The minimum Gasteiger partial charge on any atom is -0.310 e.